The Hall–Kier alpha value is -2.78. The van der Waals surface area contributed by atoms with E-state index in [2.05, 4.69) is 25.8 Å². The minimum atomic E-state index is -1.35. The monoisotopic (exact) mass is 360 g/mol. The summed E-state index contributed by atoms with van der Waals surface area (Å²) in [6.07, 6.45) is 1.27. The van der Waals surface area contributed by atoms with E-state index in [4.69, 9.17) is 5.73 Å². The van der Waals surface area contributed by atoms with Crippen LogP contribution in [0.2, 0.25) is 0 Å². The molecular formula is C17H24N6O3. The molecule has 140 valence electrons. The van der Waals surface area contributed by atoms with Gasteiger partial charge in [0.1, 0.15) is 18.5 Å². The fourth-order valence-corrected chi connectivity index (χ4v) is 2.48. The molecule has 0 radical (unpaired) electrons. The summed E-state index contributed by atoms with van der Waals surface area (Å²) in [7, 11) is 0. The minimum absolute atomic E-state index is 0.286. The van der Waals surface area contributed by atoms with Crippen molar-refractivity contribution in [1.29, 1.82) is 0 Å². The maximum atomic E-state index is 12.2. The van der Waals surface area contributed by atoms with Gasteiger partial charge in [-0.2, -0.15) is 5.10 Å². The van der Waals surface area contributed by atoms with Crippen LogP contribution in [0.3, 0.4) is 0 Å². The molecule has 9 heteroatoms. The molecule has 3 unspecified atom stereocenters. The molecule has 0 fully saturated rings. The standard InChI is InChI=1S/C17H24N6O3/c1-2-6-12(18)15(25)17(26)19-9-13(24)22-14(16-20-10-21-23-16)11-7-4-3-5-8-11/h3-5,7-8,10,12,14-15,25H,2,6,9,18H2,1H3,(H,19,26)(H,22,24)(H,20,21,23). The SMILES string of the molecule is CCCC(N)C(O)C(=O)NCC(=O)NC(c1ccccc1)c1ncn[nH]1. The predicted molar refractivity (Wildman–Crippen MR) is 94.7 cm³/mol. The first-order chi connectivity index (χ1) is 12.5. The van der Waals surface area contributed by atoms with Gasteiger partial charge in [-0.05, 0) is 12.0 Å². The second-order valence-electron chi connectivity index (χ2n) is 5.90. The van der Waals surface area contributed by atoms with Gasteiger partial charge in [-0.1, -0.05) is 43.7 Å². The smallest absolute Gasteiger partial charge is 0.250 e. The Bertz CT molecular complexity index is 692. The Morgan fingerprint density at radius 1 is 1.31 bits per heavy atom. The highest BCUT2D eigenvalue weighted by Gasteiger charge is 2.24. The molecule has 6 N–H and O–H groups in total. The molecule has 2 amide bonds. The largest absolute Gasteiger partial charge is 0.382 e. The molecule has 0 saturated heterocycles. The third-order valence-corrected chi connectivity index (χ3v) is 3.86. The number of aromatic nitrogens is 3. The van der Waals surface area contributed by atoms with Crippen LogP contribution in [0.15, 0.2) is 36.7 Å². The Kier molecular flexibility index (Phi) is 7.24. The number of aliphatic hydroxyl groups is 1. The number of hydrogen-bond acceptors (Lipinski definition) is 6. The zero-order valence-electron chi connectivity index (χ0n) is 14.6. The van der Waals surface area contributed by atoms with Crippen LogP contribution in [0, 0.1) is 0 Å². The minimum Gasteiger partial charge on any atom is -0.382 e. The van der Waals surface area contributed by atoms with Crippen LogP contribution < -0.4 is 16.4 Å². The normalized spacial score (nSPS) is 14.3. The van der Waals surface area contributed by atoms with Crippen LogP contribution in [-0.4, -0.2) is 50.8 Å². The molecule has 2 rings (SSSR count). The highest BCUT2D eigenvalue weighted by atomic mass is 16.3. The van der Waals surface area contributed by atoms with Crippen molar-refractivity contribution in [2.24, 2.45) is 5.73 Å². The number of hydrogen-bond donors (Lipinski definition) is 5. The van der Waals surface area contributed by atoms with E-state index < -0.39 is 30.0 Å². The number of amides is 2. The fraction of sp³-hybridized carbons (Fsp3) is 0.412. The molecule has 1 aromatic heterocycles. The molecule has 0 bridgehead atoms. The average Bonchev–Trinajstić information content (AvgIpc) is 3.18. The molecule has 0 spiro atoms. The van der Waals surface area contributed by atoms with Gasteiger partial charge in [-0.15, -0.1) is 0 Å². The molecule has 1 aromatic carbocycles. The van der Waals surface area contributed by atoms with Crippen LogP contribution in [0.5, 0.6) is 0 Å². The summed E-state index contributed by atoms with van der Waals surface area (Å²) < 4.78 is 0. The van der Waals surface area contributed by atoms with Gasteiger partial charge in [0.05, 0.1) is 6.54 Å². The van der Waals surface area contributed by atoms with Crippen molar-refractivity contribution in [3.63, 3.8) is 0 Å². The molecule has 0 aliphatic rings. The van der Waals surface area contributed by atoms with E-state index in [1.165, 1.54) is 6.33 Å². The van der Waals surface area contributed by atoms with E-state index in [9.17, 15) is 14.7 Å². The van der Waals surface area contributed by atoms with Gasteiger partial charge in [0.2, 0.25) is 5.91 Å². The molecule has 0 saturated carbocycles. The molecule has 0 aliphatic heterocycles. The van der Waals surface area contributed by atoms with E-state index in [0.717, 1.165) is 12.0 Å². The zero-order chi connectivity index (χ0) is 18.9. The van der Waals surface area contributed by atoms with Gasteiger partial charge in [0.15, 0.2) is 5.82 Å². The Morgan fingerprint density at radius 3 is 2.65 bits per heavy atom. The lowest BCUT2D eigenvalue weighted by Crippen LogP contribution is -2.49. The summed E-state index contributed by atoms with van der Waals surface area (Å²) in [5, 5.41) is 21.6. The van der Waals surface area contributed by atoms with Crippen molar-refractivity contribution in [2.75, 3.05) is 6.54 Å². The van der Waals surface area contributed by atoms with Gasteiger partial charge in [-0.25, -0.2) is 4.98 Å². The van der Waals surface area contributed by atoms with Crippen molar-refractivity contribution in [3.8, 4) is 0 Å². The van der Waals surface area contributed by atoms with Crippen LogP contribution in [0.1, 0.15) is 37.2 Å². The predicted octanol–water partition coefficient (Wildman–Crippen LogP) is -0.385. The highest BCUT2D eigenvalue weighted by molar-refractivity contribution is 5.87. The first-order valence-electron chi connectivity index (χ1n) is 8.43. The van der Waals surface area contributed by atoms with E-state index in [-0.39, 0.29) is 6.54 Å². The van der Waals surface area contributed by atoms with Crippen LogP contribution in [-0.2, 0) is 9.59 Å². The van der Waals surface area contributed by atoms with E-state index >= 15 is 0 Å². The number of aliphatic hydroxyl groups excluding tert-OH is 1. The van der Waals surface area contributed by atoms with Crippen molar-refractivity contribution in [1.82, 2.24) is 25.8 Å². The number of benzene rings is 1. The maximum Gasteiger partial charge on any atom is 0.250 e. The van der Waals surface area contributed by atoms with E-state index in [0.29, 0.717) is 12.2 Å². The lowest BCUT2D eigenvalue weighted by atomic mass is 10.1. The molecule has 0 aliphatic carbocycles. The Morgan fingerprint density at radius 2 is 2.04 bits per heavy atom. The fourth-order valence-electron chi connectivity index (χ4n) is 2.48. The zero-order valence-corrected chi connectivity index (χ0v) is 14.6. The third kappa shape index (κ3) is 5.36. The first-order valence-corrected chi connectivity index (χ1v) is 8.43. The quantitative estimate of drug-likeness (QED) is 0.412. The van der Waals surface area contributed by atoms with Crippen molar-refractivity contribution in [3.05, 3.63) is 48.0 Å². The van der Waals surface area contributed by atoms with Crippen LogP contribution >= 0.6 is 0 Å². The second-order valence-corrected chi connectivity index (χ2v) is 5.90. The third-order valence-electron chi connectivity index (χ3n) is 3.86. The number of aromatic amines is 1. The van der Waals surface area contributed by atoms with E-state index in [1.807, 2.05) is 37.3 Å². The molecule has 2 aromatic rings. The van der Waals surface area contributed by atoms with Gasteiger partial charge in [-0.3, -0.25) is 14.7 Å². The summed E-state index contributed by atoms with van der Waals surface area (Å²) in [5.41, 5.74) is 6.54. The summed E-state index contributed by atoms with van der Waals surface area (Å²) in [6, 6.07) is 8.06. The maximum absolute atomic E-state index is 12.2. The number of rotatable bonds is 9. The number of carbonyl (C=O) groups is 2. The first kappa shape index (κ1) is 19.5. The lowest BCUT2D eigenvalue weighted by Gasteiger charge is -2.19. The topological polar surface area (TPSA) is 146 Å². The molecule has 26 heavy (non-hydrogen) atoms. The number of carbonyl (C=O) groups excluding carboxylic acids is 2. The van der Waals surface area contributed by atoms with Crippen molar-refractivity contribution < 1.29 is 14.7 Å². The molecule has 9 nitrogen and oxygen atoms in total. The van der Waals surface area contributed by atoms with Gasteiger partial charge < -0.3 is 21.5 Å². The number of nitrogens with one attached hydrogen (secondary N) is 3. The molecular weight excluding hydrogens is 336 g/mol. The van der Waals surface area contributed by atoms with Gasteiger partial charge in [0.25, 0.3) is 5.91 Å². The number of H-pyrrole nitrogens is 1. The summed E-state index contributed by atoms with van der Waals surface area (Å²) >= 11 is 0. The van der Waals surface area contributed by atoms with Crippen LogP contribution in [0.25, 0.3) is 0 Å². The summed E-state index contributed by atoms with van der Waals surface area (Å²) in [6.45, 7) is 1.62. The average molecular weight is 360 g/mol. The summed E-state index contributed by atoms with van der Waals surface area (Å²) in [5.74, 6) is -0.627. The highest BCUT2D eigenvalue weighted by Crippen LogP contribution is 2.17. The van der Waals surface area contributed by atoms with Gasteiger partial charge in [0, 0.05) is 6.04 Å². The summed E-state index contributed by atoms with van der Waals surface area (Å²) in [4.78, 5) is 28.2. The van der Waals surface area contributed by atoms with Crippen LogP contribution in [0.4, 0.5) is 0 Å². The Labute approximate surface area is 151 Å². The lowest BCUT2D eigenvalue weighted by molar-refractivity contribution is -0.132. The second kappa shape index (κ2) is 9.64. The molecule has 3 atom stereocenters. The molecule has 1 heterocycles. The van der Waals surface area contributed by atoms with Crippen molar-refractivity contribution >= 4 is 11.8 Å². The Balaban J connectivity index is 1.95. The van der Waals surface area contributed by atoms with Crippen molar-refractivity contribution in [2.45, 2.75) is 38.0 Å². The van der Waals surface area contributed by atoms with E-state index in [1.54, 1.807) is 0 Å². The number of nitrogens with zero attached hydrogens (tertiary/aromatic N) is 2. The number of nitrogens with two attached hydrogens (primary N) is 1. The van der Waals surface area contributed by atoms with Gasteiger partial charge >= 0.3 is 0 Å².